The molecule has 0 N–H and O–H groups in total. The van der Waals surface area contributed by atoms with Crippen LogP contribution in [0.5, 0.6) is 11.5 Å². The van der Waals surface area contributed by atoms with Gasteiger partial charge in [-0.15, -0.1) is 10.2 Å². The Morgan fingerprint density at radius 2 is 1.67 bits per heavy atom. The van der Waals surface area contributed by atoms with Crippen molar-refractivity contribution < 1.29 is 9.47 Å². The number of aryl methyl sites for hydroxylation is 1. The van der Waals surface area contributed by atoms with E-state index in [2.05, 4.69) is 15.3 Å². The third-order valence-electron chi connectivity index (χ3n) is 3.24. The molecule has 3 aromatic rings. The average molecular weight is 322 g/mol. The number of hydrogen-bond donors (Lipinski definition) is 0. The van der Waals surface area contributed by atoms with Gasteiger partial charge in [0.15, 0.2) is 0 Å². The van der Waals surface area contributed by atoms with Crippen molar-refractivity contribution in [3.63, 3.8) is 0 Å². The molecule has 2 aromatic carbocycles. The summed E-state index contributed by atoms with van der Waals surface area (Å²) in [6.45, 7) is 3.03. The topological polar surface area (TPSA) is 61.5 Å². The number of ether oxygens (including phenoxy) is 2. The molecule has 0 saturated heterocycles. The fourth-order valence-corrected chi connectivity index (χ4v) is 2.06. The van der Waals surface area contributed by atoms with Gasteiger partial charge in [0.05, 0.1) is 6.21 Å². The van der Waals surface area contributed by atoms with Crippen LogP contribution in [-0.4, -0.2) is 34.3 Å². The Morgan fingerprint density at radius 1 is 0.958 bits per heavy atom. The molecule has 0 fully saturated rings. The second-order valence-corrected chi connectivity index (χ2v) is 5.17. The predicted molar refractivity (Wildman–Crippen MR) is 91.6 cm³/mol. The highest BCUT2D eigenvalue weighted by atomic mass is 16.5. The first-order valence-electron chi connectivity index (χ1n) is 7.61. The van der Waals surface area contributed by atoms with Crippen LogP contribution < -0.4 is 9.47 Å². The minimum atomic E-state index is 0.488. The predicted octanol–water partition coefficient (Wildman–Crippen LogP) is 2.93. The lowest BCUT2D eigenvalue weighted by atomic mass is 10.2. The molecular weight excluding hydrogens is 304 g/mol. The molecule has 0 spiro atoms. The highest BCUT2D eigenvalue weighted by molar-refractivity contribution is 5.79. The first kappa shape index (κ1) is 15.7. The van der Waals surface area contributed by atoms with Crippen LogP contribution in [0.3, 0.4) is 0 Å². The van der Waals surface area contributed by atoms with Crippen LogP contribution in [0.2, 0.25) is 0 Å². The fraction of sp³-hybridized carbons (Fsp3) is 0.167. The molecular formula is C18H18N4O2. The van der Waals surface area contributed by atoms with E-state index in [1.165, 1.54) is 22.9 Å². The molecule has 0 bridgehead atoms. The lowest BCUT2D eigenvalue weighted by Gasteiger charge is -2.09. The van der Waals surface area contributed by atoms with Gasteiger partial charge < -0.3 is 9.47 Å². The maximum Gasteiger partial charge on any atom is 0.141 e. The number of rotatable bonds is 7. The zero-order valence-electron chi connectivity index (χ0n) is 13.4. The summed E-state index contributed by atoms with van der Waals surface area (Å²) in [6, 6.07) is 15.6. The second kappa shape index (κ2) is 7.92. The molecule has 24 heavy (non-hydrogen) atoms. The van der Waals surface area contributed by atoms with Gasteiger partial charge in [-0.25, -0.2) is 4.68 Å². The van der Waals surface area contributed by atoms with Gasteiger partial charge in [-0.3, -0.25) is 0 Å². The minimum Gasteiger partial charge on any atom is -0.490 e. The summed E-state index contributed by atoms with van der Waals surface area (Å²) >= 11 is 0. The zero-order chi connectivity index (χ0) is 16.6. The summed E-state index contributed by atoms with van der Waals surface area (Å²) in [5.41, 5.74) is 2.14. The third kappa shape index (κ3) is 4.67. The Morgan fingerprint density at radius 3 is 2.38 bits per heavy atom. The van der Waals surface area contributed by atoms with Crippen LogP contribution in [0, 0.1) is 6.92 Å². The normalized spacial score (nSPS) is 10.9. The van der Waals surface area contributed by atoms with E-state index < -0.39 is 0 Å². The highest BCUT2D eigenvalue weighted by Crippen LogP contribution is 2.13. The molecule has 0 aliphatic rings. The van der Waals surface area contributed by atoms with Gasteiger partial charge in [0.1, 0.15) is 37.4 Å². The smallest absolute Gasteiger partial charge is 0.141 e. The zero-order valence-corrected chi connectivity index (χ0v) is 13.4. The van der Waals surface area contributed by atoms with Crippen LogP contribution in [0.1, 0.15) is 11.1 Å². The molecule has 3 rings (SSSR count). The molecule has 1 aromatic heterocycles. The van der Waals surface area contributed by atoms with E-state index in [0.29, 0.717) is 13.2 Å². The summed E-state index contributed by atoms with van der Waals surface area (Å²) in [5.74, 6) is 1.66. The molecule has 0 aliphatic carbocycles. The first-order valence-corrected chi connectivity index (χ1v) is 7.61. The molecule has 0 saturated carbocycles. The quantitative estimate of drug-likeness (QED) is 0.496. The van der Waals surface area contributed by atoms with Gasteiger partial charge >= 0.3 is 0 Å². The lowest BCUT2D eigenvalue weighted by Crippen LogP contribution is -2.09. The Labute approximate surface area is 140 Å². The highest BCUT2D eigenvalue weighted by Gasteiger charge is 1.97. The number of benzene rings is 2. The van der Waals surface area contributed by atoms with E-state index in [4.69, 9.17) is 9.47 Å². The molecule has 0 amide bonds. The van der Waals surface area contributed by atoms with E-state index >= 15 is 0 Å². The second-order valence-electron chi connectivity index (χ2n) is 5.17. The SMILES string of the molecule is Cc1cccc(OCCOc2ccc(/C=N\n3cnnc3)cc2)c1. The molecule has 0 atom stereocenters. The Kier molecular flexibility index (Phi) is 5.19. The third-order valence-corrected chi connectivity index (χ3v) is 3.24. The number of hydrogen-bond acceptors (Lipinski definition) is 5. The van der Waals surface area contributed by atoms with E-state index in [-0.39, 0.29) is 0 Å². The van der Waals surface area contributed by atoms with E-state index in [9.17, 15) is 0 Å². The average Bonchev–Trinajstić information content (AvgIpc) is 3.12. The molecule has 122 valence electrons. The maximum absolute atomic E-state index is 5.67. The van der Waals surface area contributed by atoms with Gasteiger partial charge in [0, 0.05) is 0 Å². The summed E-state index contributed by atoms with van der Waals surface area (Å²) in [6.07, 6.45) is 4.79. The summed E-state index contributed by atoms with van der Waals surface area (Å²) in [7, 11) is 0. The first-order chi connectivity index (χ1) is 11.8. The van der Waals surface area contributed by atoms with Crippen molar-refractivity contribution >= 4 is 6.21 Å². The minimum absolute atomic E-state index is 0.488. The molecule has 0 aliphatic heterocycles. The van der Waals surface area contributed by atoms with Crippen molar-refractivity contribution in [2.45, 2.75) is 6.92 Å². The maximum atomic E-state index is 5.67. The van der Waals surface area contributed by atoms with Gasteiger partial charge in [-0.05, 0) is 54.4 Å². The van der Waals surface area contributed by atoms with Gasteiger partial charge in [-0.1, -0.05) is 12.1 Å². The van der Waals surface area contributed by atoms with Crippen LogP contribution in [0.15, 0.2) is 66.3 Å². The lowest BCUT2D eigenvalue weighted by molar-refractivity contribution is 0.217. The molecule has 0 unspecified atom stereocenters. The van der Waals surface area contributed by atoms with Gasteiger partial charge in [0.25, 0.3) is 0 Å². The summed E-state index contributed by atoms with van der Waals surface area (Å²) < 4.78 is 12.9. The Hall–Kier alpha value is -3.15. The van der Waals surface area contributed by atoms with Crippen molar-refractivity contribution in [2.24, 2.45) is 5.10 Å². The molecule has 6 heteroatoms. The summed E-state index contributed by atoms with van der Waals surface area (Å²) in [5, 5.41) is 11.6. The van der Waals surface area contributed by atoms with Crippen molar-refractivity contribution in [3.05, 3.63) is 72.3 Å². The molecule has 0 radical (unpaired) electrons. The van der Waals surface area contributed by atoms with Crippen LogP contribution in [0.25, 0.3) is 0 Å². The van der Waals surface area contributed by atoms with Crippen molar-refractivity contribution in [3.8, 4) is 11.5 Å². The summed E-state index contributed by atoms with van der Waals surface area (Å²) in [4.78, 5) is 0. The van der Waals surface area contributed by atoms with Crippen LogP contribution in [-0.2, 0) is 0 Å². The van der Waals surface area contributed by atoms with Crippen LogP contribution >= 0.6 is 0 Å². The molecule has 6 nitrogen and oxygen atoms in total. The number of nitrogens with zero attached hydrogens (tertiary/aromatic N) is 4. The van der Waals surface area contributed by atoms with E-state index in [1.54, 1.807) is 6.21 Å². The standard InChI is InChI=1S/C18H18N4O2/c1-15-3-2-4-18(11-15)24-10-9-23-17-7-5-16(6-8-17)12-21-22-13-19-20-14-22/h2-8,11-14H,9-10H2,1H3/b21-12-. The monoisotopic (exact) mass is 322 g/mol. The Bertz CT molecular complexity index is 783. The largest absolute Gasteiger partial charge is 0.490 e. The van der Waals surface area contributed by atoms with Crippen molar-refractivity contribution in [1.82, 2.24) is 14.9 Å². The van der Waals surface area contributed by atoms with Gasteiger partial charge in [-0.2, -0.15) is 5.10 Å². The van der Waals surface area contributed by atoms with E-state index in [1.807, 2.05) is 55.5 Å². The van der Waals surface area contributed by atoms with Crippen molar-refractivity contribution in [2.75, 3.05) is 13.2 Å². The Balaban J connectivity index is 1.44. The fourth-order valence-electron chi connectivity index (χ4n) is 2.06. The molecule has 1 heterocycles. The van der Waals surface area contributed by atoms with Gasteiger partial charge in [0.2, 0.25) is 0 Å². The van der Waals surface area contributed by atoms with Crippen LogP contribution in [0.4, 0.5) is 0 Å². The number of aromatic nitrogens is 3. The van der Waals surface area contributed by atoms with E-state index in [0.717, 1.165) is 17.1 Å². The van der Waals surface area contributed by atoms with Crippen molar-refractivity contribution in [1.29, 1.82) is 0 Å².